The van der Waals surface area contributed by atoms with Crippen LogP contribution < -0.4 is 5.32 Å². The third-order valence-electron chi connectivity index (χ3n) is 2.25. The molecule has 20 heavy (non-hydrogen) atoms. The SMILES string of the molecule is COC(=O)[C@H](Cc1[nH]cnc1Br)NC(=O)OC(C)(C)C. The summed E-state index contributed by atoms with van der Waals surface area (Å²) in [5.41, 5.74) is 0.0377. The van der Waals surface area contributed by atoms with Gasteiger partial charge in [0.2, 0.25) is 0 Å². The number of rotatable bonds is 4. The Morgan fingerprint density at radius 2 is 2.15 bits per heavy atom. The minimum Gasteiger partial charge on any atom is -0.467 e. The fraction of sp³-hybridized carbons (Fsp3) is 0.583. The number of H-pyrrole nitrogens is 1. The van der Waals surface area contributed by atoms with Gasteiger partial charge in [-0.3, -0.25) is 0 Å². The van der Waals surface area contributed by atoms with Crippen molar-refractivity contribution < 1.29 is 19.1 Å². The molecule has 0 spiro atoms. The Bertz CT molecular complexity index is 481. The fourth-order valence-corrected chi connectivity index (χ4v) is 1.82. The third-order valence-corrected chi connectivity index (χ3v) is 2.93. The summed E-state index contributed by atoms with van der Waals surface area (Å²) in [5.74, 6) is -0.558. The van der Waals surface area contributed by atoms with E-state index in [1.54, 1.807) is 20.8 Å². The van der Waals surface area contributed by atoms with E-state index in [1.165, 1.54) is 13.4 Å². The highest BCUT2D eigenvalue weighted by Gasteiger charge is 2.26. The van der Waals surface area contributed by atoms with Gasteiger partial charge in [-0.2, -0.15) is 0 Å². The van der Waals surface area contributed by atoms with Crippen molar-refractivity contribution in [3.05, 3.63) is 16.6 Å². The molecular weight excluding hydrogens is 330 g/mol. The highest BCUT2D eigenvalue weighted by Crippen LogP contribution is 2.14. The van der Waals surface area contributed by atoms with E-state index in [9.17, 15) is 9.59 Å². The van der Waals surface area contributed by atoms with Crippen molar-refractivity contribution in [3.63, 3.8) is 0 Å². The molecule has 0 saturated heterocycles. The first-order valence-electron chi connectivity index (χ1n) is 5.98. The predicted octanol–water partition coefficient (Wildman–Crippen LogP) is 1.78. The lowest BCUT2D eigenvalue weighted by atomic mass is 10.1. The van der Waals surface area contributed by atoms with Crippen LogP contribution in [0.4, 0.5) is 4.79 Å². The molecule has 7 nitrogen and oxygen atoms in total. The van der Waals surface area contributed by atoms with E-state index in [4.69, 9.17) is 4.74 Å². The molecule has 0 aliphatic carbocycles. The zero-order valence-electron chi connectivity index (χ0n) is 11.8. The number of nitrogens with one attached hydrogen (secondary N) is 2. The number of esters is 1. The minimum absolute atomic E-state index is 0.215. The molecule has 1 heterocycles. The molecule has 0 bridgehead atoms. The first kappa shape index (κ1) is 16.5. The van der Waals surface area contributed by atoms with Crippen molar-refractivity contribution in [3.8, 4) is 0 Å². The van der Waals surface area contributed by atoms with E-state index in [2.05, 4.69) is 36.0 Å². The van der Waals surface area contributed by atoms with Crippen molar-refractivity contribution in [2.45, 2.75) is 38.8 Å². The number of hydrogen-bond acceptors (Lipinski definition) is 5. The lowest BCUT2D eigenvalue weighted by molar-refractivity contribution is -0.143. The van der Waals surface area contributed by atoms with E-state index in [1.807, 2.05) is 0 Å². The second-order valence-electron chi connectivity index (χ2n) is 5.10. The third kappa shape index (κ3) is 5.20. The summed E-state index contributed by atoms with van der Waals surface area (Å²) in [6.07, 6.45) is 1.02. The van der Waals surface area contributed by atoms with Crippen molar-refractivity contribution in [1.29, 1.82) is 0 Å². The number of nitrogens with zero attached hydrogens (tertiary/aromatic N) is 1. The highest BCUT2D eigenvalue weighted by molar-refractivity contribution is 9.10. The zero-order chi connectivity index (χ0) is 15.3. The average molecular weight is 348 g/mol. The summed E-state index contributed by atoms with van der Waals surface area (Å²) < 4.78 is 10.4. The summed E-state index contributed by atoms with van der Waals surface area (Å²) in [6, 6.07) is -0.855. The molecule has 8 heteroatoms. The monoisotopic (exact) mass is 347 g/mol. The summed E-state index contributed by atoms with van der Waals surface area (Å²) >= 11 is 3.24. The van der Waals surface area contributed by atoms with Gasteiger partial charge in [0.15, 0.2) is 0 Å². The summed E-state index contributed by atoms with van der Waals surface area (Å²) in [5, 5.41) is 2.49. The fourth-order valence-electron chi connectivity index (χ4n) is 1.44. The Kier molecular flexibility index (Phi) is 5.55. The first-order valence-corrected chi connectivity index (χ1v) is 6.77. The van der Waals surface area contributed by atoms with Crippen LogP contribution in [0.1, 0.15) is 26.5 Å². The molecule has 2 N–H and O–H groups in total. The number of ether oxygens (including phenoxy) is 2. The van der Waals surface area contributed by atoms with E-state index in [0.717, 1.165) is 0 Å². The molecule has 1 aromatic rings. The standard InChI is InChI=1S/C12H18BrN3O4/c1-12(2,3)20-11(18)16-8(10(17)19-4)5-7-9(13)15-6-14-7/h6,8H,5H2,1-4H3,(H,14,15)(H,16,18)/t8-/m0/s1. The molecule has 112 valence electrons. The molecule has 1 amide bonds. The predicted molar refractivity (Wildman–Crippen MR) is 75.2 cm³/mol. The molecular formula is C12H18BrN3O4. The molecule has 1 rings (SSSR count). The largest absolute Gasteiger partial charge is 0.467 e. The van der Waals surface area contributed by atoms with Crippen LogP contribution in [0.25, 0.3) is 0 Å². The minimum atomic E-state index is -0.855. The van der Waals surface area contributed by atoms with Gasteiger partial charge < -0.3 is 19.8 Å². The van der Waals surface area contributed by atoms with Gasteiger partial charge in [-0.1, -0.05) is 0 Å². The quantitative estimate of drug-likeness (QED) is 0.809. The van der Waals surface area contributed by atoms with Gasteiger partial charge in [0.25, 0.3) is 0 Å². The molecule has 1 aromatic heterocycles. The maximum absolute atomic E-state index is 11.7. The lowest BCUT2D eigenvalue weighted by Gasteiger charge is -2.22. The molecule has 0 fully saturated rings. The molecule has 1 atom stereocenters. The summed E-state index contributed by atoms with van der Waals surface area (Å²) in [4.78, 5) is 30.3. The Labute approximate surface area is 125 Å². The first-order chi connectivity index (χ1) is 9.23. The topological polar surface area (TPSA) is 93.3 Å². The number of halogens is 1. The number of amides is 1. The van der Waals surface area contributed by atoms with Gasteiger partial charge in [0.05, 0.1) is 19.1 Å². The molecule has 0 unspecified atom stereocenters. The summed E-state index contributed by atoms with van der Waals surface area (Å²) in [6.45, 7) is 5.22. The molecule has 0 saturated carbocycles. The van der Waals surface area contributed by atoms with E-state index >= 15 is 0 Å². The second kappa shape index (κ2) is 6.74. The van der Waals surface area contributed by atoms with Crippen LogP contribution in [-0.2, 0) is 20.7 Å². The lowest BCUT2D eigenvalue weighted by Crippen LogP contribution is -2.45. The van der Waals surface area contributed by atoms with Crippen LogP contribution in [0.15, 0.2) is 10.9 Å². The number of hydrogen-bond donors (Lipinski definition) is 2. The van der Waals surface area contributed by atoms with Gasteiger partial charge in [-0.25, -0.2) is 14.6 Å². The average Bonchev–Trinajstić information content (AvgIpc) is 2.70. The van der Waals surface area contributed by atoms with Gasteiger partial charge in [0.1, 0.15) is 16.2 Å². The number of imidazole rings is 1. The number of carbonyl (C=O) groups excluding carboxylic acids is 2. The van der Waals surface area contributed by atoms with Crippen LogP contribution in [0.2, 0.25) is 0 Å². The maximum Gasteiger partial charge on any atom is 0.408 e. The maximum atomic E-state index is 11.7. The molecule has 0 aliphatic rings. The van der Waals surface area contributed by atoms with Gasteiger partial charge in [-0.05, 0) is 36.7 Å². The Balaban J connectivity index is 2.73. The van der Waals surface area contributed by atoms with Crippen molar-refractivity contribution in [1.82, 2.24) is 15.3 Å². The van der Waals surface area contributed by atoms with Gasteiger partial charge in [0, 0.05) is 6.42 Å². The van der Waals surface area contributed by atoms with Crippen LogP contribution in [0, 0.1) is 0 Å². The van der Waals surface area contributed by atoms with E-state index in [-0.39, 0.29) is 6.42 Å². The Morgan fingerprint density at radius 3 is 2.60 bits per heavy atom. The Morgan fingerprint density at radius 1 is 1.50 bits per heavy atom. The van der Waals surface area contributed by atoms with Gasteiger partial charge in [-0.15, -0.1) is 0 Å². The van der Waals surface area contributed by atoms with Crippen LogP contribution in [-0.4, -0.2) is 40.8 Å². The molecule has 0 aromatic carbocycles. The number of aromatic nitrogens is 2. The van der Waals surface area contributed by atoms with Crippen LogP contribution in [0.5, 0.6) is 0 Å². The Hall–Kier alpha value is -1.57. The number of aromatic amines is 1. The van der Waals surface area contributed by atoms with Gasteiger partial charge >= 0.3 is 12.1 Å². The normalized spacial score (nSPS) is 12.7. The van der Waals surface area contributed by atoms with Crippen molar-refractivity contribution >= 4 is 28.0 Å². The van der Waals surface area contributed by atoms with E-state index in [0.29, 0.717) is 10.3 Å². The number of methoxy groups -OCH3 is 1. The van der Waals surface area contributed by atoms with Crippen molar-refractivity contribution in [2.75, 3.05) is 7.11 Å². The van der Waals surface area contributed by atoms with Crippen molar-refractivity contribution in [2.24, 2.45) is 0 Å². The van der Waals surface area contributed by atoms with Crippen LogP contribution >= 0.6 is 15.9 Å². The highest BCUT2D eigenvalue weighted by atomic mass is 79.9. The zero-order valence-corrected chi connectivity index (χ0v) is 13.4. The summed E-state index contributed by atoms with van der Waals surface area (Å²) in [7, 11) is 1.26. The number of carbonyl (C=O) groups is 2. The second-order valence-corrected chi connectivity index (χ2v) is 5.85. The molecule has 0 aliphatic heterocycles. The van der Waals surface area contributed by atoms with E-state index < -0.39 is 23.7 Å². The number of alkyl carbamates (subject to hydrolysis) is 1. The smallest absolute Gasteiger partial charge is 0.408 e. The van der Waals surface area contributed by atoms with Crippen LogP contribution in [0.3, 0.4) is 0 Å². The molecule has 0 radical (unpaired) electrons.